The van der Waals surface area contributed by atoms with Crippen LogP contribution in [0, 0.1) is 0 Å². The predicted molar refractivity (Wildman–Crippen MR) is 63.3 cm³/mol. The van der Waals surface area contributed by atoms with Gasteiger partial charge in [0.25, 0.3) is 0 Å². The molecule has 0 aliphatic carbocycles. The quantitative estimate of drug-likeness (QED) is 0.612. The smallest absolute Gasteiger partial charge is 0.321 e. The van der Waals surface area contributed by atoms with Crippen molar-refractivity contribution >= 4 is 17.7 Å². The van der Waals surface area contributed by atoms with Gasteiger partial charge in [-0.05, 0) is 6.92 Å². The Hall–Kier alpha value is -0.260. The number of aliphatic hydroxyl groups excluding tert-OH is 1. The summed E-state index contributed by atoms with van der Waals surface area (Å²) in [5.41, 5.74) is 0. The minimum absolute atomic E-state index is 0.0563. The highest BCUT2D eigenvalue weighted by molar-refractivity contribution is 8.00. The molecular formula is C10H21NO3S. The molecule has 3 unspecified atom stereocenters. The van der Waals surface area contributed by atoms with Gasteiger partial charge >= 0.3 is 5.97 Å². The summed E-state index contributed by atoms with van der Waals surface area (Å²) in [6, 6.07) is -0.398. The topological polar surface area (TPSA) is 69.6 Å². The van der Waals surface area contributed by atoms with Crippen molar-refractivity contribution in [2.75, 3.05) is 5.75 Å². The van der Waals surface area contributed by atoms with Crippen LogP contribution in [-0.4, -0.2) is 45.4 Å². The van der Waals surface area contributed by atoms with Crippen LogP contribution in [-0.2, 0) is 4.79 Å². The van der Waals surface area contributed by atoms with Crippen molar-refractivity contribution in [3.63, 3.8) is 0 Å². The van der Waals surface area contributed by atoms with Gasteiger partial charge in [0.1, 0.15) is 6.04 Å². The zero-order chi connectivity index (χ0) is 12.0. The number of thioether (sulfide) groups is 1. The van der Waals surface area contributed by atoms with E-state index < -0.39 is 18.1 Å². The summed E-state index contributed by atoms with van der Waals surface area (Å²) >= 11 is 1.47. The van der Waals surface area contributed by atoms with Gasteiger partial charge in [-0.15, -0.1) is 0 Å². The summed E-state index contributed by atoms with van der Waals surface area (Å²) in [5.74, 6) is -0.367. The third kappa shape index (κ3) is 6.76. The first-order chi connectivity index (χ1) is 6.84. The fourth-order valence-corrected chi connectivity index (χ4v) is 1.99. The summed E-state index contributed by atoms with van der Waals surface area (Å²) in [5, 5.41) is 21.2. The maximum Gasteiger partial charge on any atom is 0.321 e. The van der Waals surface area contributed by atoms with Gasteiger partial charge in [-0.3, -0.25) is 4.79 Å². The van der Waals surface area contributed by atoms with Gasteiger partial charge in [-0.1, -0.05) is 20.8 Å². The number of aliphatic carboxylic acids is 1. The molecule has 0 bridgehead atoms. The predicted octanol–water partition coefficient (Wildman–Crippen LogP) is 0.940. The number of hydrogen-bond acceptors (Lipinski definition) is 4. The van der Waals surface area contributed by atoms with Crippen LogP contribution in [0.5, 0.6) is 0 Å². The first-order valence-corrected chi connectivity index (χ1v) is 6.18. The largest absolute Gasteiger partial charge is 0.480 e. The van der Waals surface area contributed by atoms with Crippen LogP contribution in [0.25, 0.3) is 0 Å². The minimum atomic E-state index is -0.839. The lowest BCUT2D eigenvalue weighted by molar-refractivity contribution is -0.139. The summed E-state index contributed by atoms with van der Waals surface area (Å²) < 4.78 is 0. The van der Waals surface area contributed by atoms with Crippen LogP contribution >= 0.6 is 11.8 Å². The fourth-order valence-electron chi connectivity index (χ4n) is 0.980. The average molecular weight is 235 g/mol. The number of rotatable bonds is 7. The Bertz CT molecular complexity index is 197. The van der Waals surface area contributed by atoms with Crippen LogP contribution in [0.2, 0.25) is 0 Å². The highest BCUT2D eigenvalue weighted by Crippen LogP contribution is 2.15. The first-order valence-electron chi connectivity index (χ1n) is 5.13. The van der Waals surface area contributed by atoms with Crippen LogP contribution < -0.4 is 5.32 Å². The minimum Gasteiger partial charge on any atom is -0.480 e. The Kier molecular flexibility index (Phi) is 6.96. The van der Waals surface area contributed by atoms with Gasteiger partial charge in [0.15, 0.2) is 0 Å². The Balaban J connectivity index is 4.02. The molecule has 0 aliphatic rings. The Labute approximate surface area is 95.4 Å². The second kappa shape index (κ2) is 7.09. The first kappa shape index (κ1) is 14.7. The molecule has 4 nitrogen and oxygen atoms in total. The molecule has 0 spiro atoms. The third-order valence-electron chi connectivity index (χ3n) is 2.04. The molecule has 0 aromatic rings. The van der Waals surface area contributed by atoms with Crippen molar-refractivity contribution < 1.29 is 15.0 Å². The standard InChI is InChI=1S/C10H21NO3S/c1-6(2)11-9(10(13)14)5-15-8(4)7(3)12/h6-9,11-12H,5H2,1-4H3,(H,13,14). The van der Waals surface area contributed by atoms with Crippen molar-refractivity contribution in [1.29, 1.82) is 0 Å². The number of aliphatic hydroxyl groups is 1. The second-order valence-corrected chi connectivity index (χ2v) is 5.40. The van der Waals surface area contributed by atoms with E-state index in [9.17, 15) is 9.90 Å². The normalized spacial score (nSPS) is 17.5. The number of carboxylic acid groups (broad SMARTS) is 1. The number of hydrogen-bond donors (Lipinski definition) is 3. The maximum absolute atomic E-state index is 10.9. The summed E-state index contributed by atoms with van der Waals surface area (Å²) in [4.78, 5) is 10.9. The number of carboxylic acids is 1. The molecule has 0 amide bonds. The van der Waals surface area contributed by atoms with E-state index in [2.05, 4.69) is 5.32 Å². The molecular weight excluding hydrogens is 214 g/mol. The summed E-state index contributed by atoms with van der Waals surface area (Å²) in [6.45, 7) is 7.43. The monoisotopic (exact) mass is 235 g/mol. The molecule has 15 heavy (non-hydrogen) atoms. The summed E-state index contributed by atoms with van der Waals surface area (Å²) in [6.07, 6.45) is -0.413. The summed E-state index contributed by atoms with van der Waals surface area (Å²) in [7, 11) is 0. The SMILES string of the molecule is CC(C)NC(CSC(C)C(C)O)C(=O)O. The van der Waals surface area contributed by atoms with E-state index in [1.807, 2.05) is 20.8 Å². The third-order valence-corrected chi connectivity index (χ3v) is 3.48. The van der Waals surface area contributed by atoms with E-state index in [0.717, 1.165) is 0 Å². The van der Waals surface area contributed by atoms with Crippen LogP contribution in [0.15, 0.2) is 0 Å². The molecule has 0 rings (SSSR count). The van der Waals surface area contributed by atoms with Gasteiger partial charge in [0.05, 0.1) is 6.10 Å². The highest BCUT2D eigenvalue weighted by atomic mass is 32.2. The van der Waals surface area contributed by atoms with Crippen molar-refractivity contribution in [2.45, 2.75) is 51.1 Å². The fraction of sp³-hybridized carbons (Fsp3) is 0.900. The van der Waals surface area contributed by atoms with Gasteiger partial charge in [-0.2, -0.15) is 11.8 Å². The zero-order valence-corrected chi connectivity index (χ0v) is 10.5. The van der Waals surface area contributed by atoms with Gasteiger partial charge in [-0.25, -0.2) is 0 Å². The zero-order valence-electron chi connectivity index (χ0n) is 9.73. The highest BCUT2D eigenvalue weighted by Gasteiger charge is 2.20. The molecule has 0 aromatic carbocycles. The lowest BCUT2D eigenvalue weighted by atomic mass is 10.3. The molecule has 5 heteroatoms. The number of carbonyl (C=O) groups is 1. The molecule has 90 valence electrons. The van der Waals surface area contributed by atoms with E-state index in [1.165, 1.54) is 11.8 Å². The van der Waals surface area contributed by atoms with Crippen LogP contribution in [0.1, 0.15) is 27.7 Å². The second-order valence-electron chi connectivity index (χ2n) is 3.99. The molecule has 0 aliphatic heterocycles. The van der Waals surface area contributed by atoms with Gasteiger partial charge in [0, 0.05) is 17.0 Å². The Morgan fingerprint density at radius 1 is 1.33 bits per heavy atom. The Morgan fingerprint density at radius 3 is 2.20 bits per heavy atom. The molecule has 0 heterocycles. The van der Waals surface area contributed by atoms with E-state index in [0.29, 0.717) is 5.75 Å². The Morgan fingerprint density at radius 2 is 1.87 bits per heavy atom. The van der Waals surface area contributed by atoms with E-state index in [1.54, 1.807) is 6.92 Å². The van der Waals surface area contributed by atoms with E-state index in [4.69, 9.17) is 5.11 Å². The van der Waals surface area contributed by atoms with Gasteiger partial charge < -0.3 is 15.5 Å². The molecule has 3 atom stereocenters. The molecule has 0 saturated carbocycles. The van der Waals surface area contributed by atoms with E-state index >= 15 is 0 Å². The maximum atomic E-state index is 10.9. The van der Waals surface area contributed by atoms with Crippen molar-refractivity contribution in [1.82, 2.24) is 5.32 Å². The molecule has 3 N–H and O–H groups in total. The van der Waals surface area contributed by atoms with Crippen molar-refractivity contribution in [2.24, 2.45) is 0 Å². The van der Waals surface area contributed by atoms with E-state index in [-0.39, 0.29) is 11.3 Å². The van der Waals surface area contributed by atoms with Gasteiger partial charge in [0.2, 0.25) is 0 Å². The van der Waals surface area contributed by atoms with Crippen LogP contribution in [0.3, 0.4) is 0 Å². The van der Waals surface area contributed by atoms with Crippen molar-refractivity contribution in [3.05, 3.63) is 0 Å². The lowest BCUT2D eigenvalue weighted by Crippen LogP contribution is -2.43. The molecule has 0 radical (unpaired) electrons. The molecule has 0 aromatic heterocycles. The average Bonchev–Trinajstić information content (AvgIpc) is 2.10. The molecule has 0 saturated heterocycles. The van der Waals surface area contributed by atoms with Crippen molar-refractivity contribution in [3.8, 4) is 0 Å². The number of nitrogens with one attached hydrogen (secondary N) is 1. The lowest BCUT2D eigenvalue weighted by Gasteiger charge is -2.20. The van der Waals surface area contributed by atoms with Crippen LogP contribution in [0.4, 0.5) is 0 Å². The molecule has 0 fully saturated rings.